The lowest BCUT2D eigenvalue weighted by Crippen LogP contribution is -2.59. The molecule has 166 valence electrons. The molecule has 0 aliphatic carbocycles. The monoisotopic (exact) mass is 418 g/mol. The standard InChI is InChI=1S/C17H30N4O8/c1-7(2)12(15(26)19-10(17(28)29)5-11(23)24)21-16(27)13(8(3)4)20-14(25)9(18)6-22/h7-10,12-13,22H,5-6,18H2,1-4H3,(H,19,26)(H,20,25)(H,21,27)(H,23,24)(H,28,29). The van der Waals surface area contributed by atoms with Crippen molar-refractivity contribution in [2.45, 2.75) is 58.3 Å². The lowest BCUT2D eigenvalue weighted by molar-refractivity contribution is -0.147. The minimum absolute atomic E-state index is 0.389. The molecule has 12 nitrogen and oxygen atoms in total. The third kappa shape index (κ3) is 8.87. The summed E-state index contributed by atoms with van der Waals surface area (Å²) in [7, 11) is 0. The molecule has 29 heavy (non-hydrogen) atoms. The van der Waals surface area contributed by atoms with Gasteiger partial charge in [0.15, 0.2) is 0 Å². The molecule has 12 heteroatoms. The SMILES string of the molecule is CC(C)C(NC(=O)C(N)CO)C(=O)NC(C(=O)NC(CC(=O)O)C(=O)O)C(C)C. The molecule has 0 aliphatic heterocycles. The second kappa shape index (κ2) is 12.0. The Morgan fingerprint density at radius 2 is 1.21 bits per heavy atom. The third-order valence-electron chi connectivity index (χ3n) is 4.02. The van der Waals surface area contributed by atoms with Crippen molar-refractivity contribution in [3.05, 3.63) is 0 Å². The molecule has 3 amide bonds. The van der Waals surface area contributed by atoms with Gasteiger partial charge >= 0.3 is 11.9 Å². The molecule has 0 aliphatic rings. The molecule has 0 bridgehead atoms. The lowest BCUT2D eigenvalue weighted by Gasteiger charge is -2.28. The highest BCUT2D eigenvalue weighted by atomic mass is 16.4. The van der Waals surface area contributed by atoms with E-state index >= 15 is 0 Å². The number of nitrogens with one attached hydrogen (secondary N) is 3. The lowest BCUT2D eigenvalue weighted by atomic mass is 9.99. The summed E-state index contributed by atoms with van der Waals surface area (Å²) in [5, 5.41) is 33.7. The van der Waals surface area contributed by atoms with E-state index in [1.807, 2.05) is 0 Å². The van der Waals surface area contributed by atoms with Crippen molar-refractivity contribution >= 4 is 29.7 Å². The van der Waals surface area contributed by atoms with Crippen LogP contribution in [0.25, 0.3) is 0 Å². The molecule has 0 saturated carbocycles. The number of aliphatic carboxylic acids is 2. The molecule has 4 unspecified atom stereocenters. The second-order valence-electron chi connectivity index (χ2n) is 7.25. The fourth-order valence-corrected chi connectivity index (χ4v) is 2.29. The molecule has 0 aromatic heterocycles. The number of carboxylic acids is 2. The van der Waals surface area contributed by atoms with Gasteiger partial charge in [-0.2, -0.15) is 0 Å². The Kier molecular flexibility index (Phi) is 10.8. The van der Waals surface area contributed by atoms with Gasteiger partial charge in [-0.05, 0) is 11.8 Å². The Bertz CT molecular complexity index is 623. The number of amides is 3. The van der Waals surface area contributed by atoms with E-state index in [1.54, 1.807) is 27.7 Å². The Morgan fingerprint density at radius 1 is 0.793 bits per heavy atom. The summed E-state index contributed by atoms with van der Waals surface area (Å²) < 4.78 is 0. The van der Waals surface area contributed by atoms with Crippen molar-refractivity contribution < 1.29 is 39.3 Å². The Balaban J connectivity index is 5.34. The molecule has 0 radical (unpaired) electrons. The number of nitrogens with two attached hydrogens (primary N) is 1. The maximum Gasteiger partial charge on any atom is 0.326 e. The molecular weight excluding hydrogens is 388 g/mol. The zero-order valence-corrected chi connectivity index (χ0v) is 16.8. The predicted octanol–water partition coefficient (Wildman–Crippen LogP) is -2.37. The number of rotatable bonds is 12. The smallest absolute Gasteiger partial charge is 0.326 e. The fourth-order valence-electron chi connectivity index (χ4n) is 2.29. The maximum absolute atomic E-state index is 12.6. The van der Waals surface area contributed by atoms with Crippen LogP contribution < -0.4 is 21.7 Å². The van der Waals surface area contributed by atoms with Crippen LogP contribution in [0, 0.1) is 11.8 Å². The average Bonchev–Trinajstić information content (AvgIpc) is 2.61. The second-order valence-corrected chi connectivity index (χ2v) is 7.25. The first-order valence-electron chi connectivity index (χ1n) is 9.03. The van der Waals surface area contributed by atoms with E-state index < -0.39 is 72.8 Å². The number of carbonyl (C=O) groups excluding carboxylic acids is 3. The van der Waals surface area contributed by atoms with E-state index in [2.05, 4.69) is 16.0 Å². The first kappa shape index (κ1) is 26.3. The molecule has 0 spiro atoms. The van der Waals surface area contributed by atoms with E-state index in [0.29, 0.717) is 0 Å². The molecule has 8 N–H and O–H groups in total. The van der Waals surface area contributed by atoms with Crippen LogP contribution in [0.4, 0.5) is 0 Å². The van der Waals surface area contributed by atoms with Gasteiger partial charge in [-0.25, -0.2) is 4.79 Å². The minimum atomic E-state index is -1.67. The molecular formula is C17H30N4O8. The van der Waals surface area contributed by atoms with Gasteiger partial charge in [-0.1, -0.05) is 27.7 Å². The van der Waals surface area contributed by atoms with Crippen LogP contribution in [0.5, 0.6) is 0 Å². The van der Waals surface area contributed by atoms with Crippen LogP contribution in [-0.2, 0) is 24.0 Å². The number of aliphatic hydroxyl groups excluding tert-OH is 1. The van der Waals surface area contributed by atoms with Gasteiger partial charge in [0.2, 0.25) is 17.7 Å². The van der Waals surface area contributed by atoms with Crippen molar-refractivity contribution in [1.82, 2.24) is 16.0 Å². The summed E-state index contributed by atoms with van der Waals surface area (Å²) in [6, 6.07) is -5.13. The largest absolute Gasteiger partial charge is 0.481 e. The summed E-state index contributed by atoms with van der Waals surface area (Å²) in [6.45, 7) is 5.87. The van der Waals surface area contributed by atoms with Gasteiger partial charge in [-0.15, -0.1) is 0 Å². The highest BCUT2D eigenvalue weighted by molar-refractivity contribution is 5.94. The molecule has 0 fully saturated rings. The van der Waals surface area contributed by atoms with Gasteiger partial charge in [0.1, 0.15) is 24.2 Å². The first-order chi connectivity index (χ1) is 13.3. The van der Waals surface area contributed by atoms with Crippen LogP contribution >= 0.6 is 0 Å². The normalized spacial score (nSPS) is 15.2. The molecule has 4 atom stereocenters. The highest BCUT2D eigenvalue weighted by Crippen LogP contribution is 2.08. The van der Waals surface area contributed by atoms with Gasteiger partial charge in [0, 0.05) is 0 Å². The molecule has 0 saturated heterocycles. The molecule has 0 aromatic rings. The van der Waals surface area contributed by atoms with E-state index in [-0.39, 0.29) is 5.92 Å². The Hall–Kier alpha value is -2.73. The zero-order valence-electron chi connectivity index (χ0n) is 16.8. The van der Waals surface area contributed by atoms with Crippen LogP contribution in [-0.4, -0.2) is 75.8 Å². The third-order valence-corrected chi connectivity index (χ3v) is 4.02. The summed E-state index contributed by atoms with van der Waals surface area (Å²) >= 11 is 0. The van der Waals surface area contributed by atoms with Crippen LogP contribution in [0.1, 0.15) is 34.1 Å². The fraction of sp³-hybridized carbons (Fsp3) is 0.706. The molecule has 0 aromatic carbocycles. The summed E-state index contributed by atoms with van der Waals surface area (Å²) in [5.74, 6) is -6.13. The number of hydrogen-bond donors (Lipinski definition) is 7. The summed E-state index contributed by atoms with van der Waals surface area (Å²) in [6.07, 6.45) is -0.830. The van der Waals surface area contributed by atoms with E-state index in [1.165, 1.54) is 0 Å². The molecule has 0 heterocycles. The topological polar surface area (TPSA) is 208 Å². The quantitative estimate of drug-likeness (QED) is 0.180. The van der Waals surface area contributed by atoms with Gasteiger partial charge in [-0.3, -0.25) is 19.2 Å². The zero-order chi connectivity index (χ0) is 22.9. The van der Waals surface area contributed by atoms with Crippen molar-refractivity contribution in [2.75, 3.05) is 6.61 Å². The van der Waals surface area contributed by atoms with Crippen LogP contribution in [0.15, 0.2) is 0 Å². The van der Waals surface area contributed by atoms with Gasteiger partial charge < -0.3 is 37.0 Å². The average molecular weight is 418 g/mol. The minimum Gasteiger partial charge on any atom is -0.481 e. The van der Waals surface area contributed by atoms with E-state index in [9.17, 15) is 24.0 Å². The molecule has 0 rings (SSSR count). The predicted molar refractivity (Wildman–Crippen MR) is 100 cm³/mol. The van der Waals surface area contributed by atoms with Crippen molar-refractivity contribution in [3.8, 4) is 0 Å². The van der Waals surface area contributed by atoms with Gasteiger partial charge in [0.25, 0.3) is 0 Å². The number of carbonyl (C=O) groups is 5. The number of aliphatic hydroxyl groups is 1. The summed E-state index contributed by atoms with van der Waals surface area (Å²) in [5.41, 5.74) is 5.42. The van der Waals surface area contributed by atoms with Crippen molar-refractivity contribution in [1.29, 1.82) is 0 Å². The highest BCUT2D eigenvalue weighted by Gasteiger charge is 2.33. The maximum atomic E-state index is 12.6. The van der Waals surface area contributed by atoms with Gasteiger partial charge in [0.05, 0.1) is 13.0 Å². The summed E-state index contributed by atoms with van der Waals surface area (Å²) in [4.78, 5) is 58.9. The van der Waals surface area contributed by atoms with Crippen LogP contribution in [0.2, 0.25) is 0 Å². The number of hydrogen-bond acceptors (Lipinski definition) is 7. The van der Waals surface area contributed by atoms with Crippen molar-refractivity contribution in [2.24, 2.45) is 17.6 Å². The Morgan fingerprint density at radius 3 is 1.55 bits per heavy atom. The van der Waals surface area contributed by atoms with E-state index in [0.717, 1.165) is 0 Å². The first-order valence-corrected chi connectivity index (χ1v) is 9.03. The van der Waals surface area contributed by atoms with E-state index in [4.69, 9.17) is 21.1 Å². The Labute approximate surface area is 168 Å². The number of carboxylic acid groups (broad SMARTS) is 2. The van der Waals surface area contributed by atoms with Crippen LogP contribution in [0.3, 0.4) is 0 Å². The van der Waals surface area contributed by atoms with Crippen molar-refractivity contribution in [3.63, 3.8) is 0 Å².